The number of halogens is 1. The van der Waals surface area contributed by atoms with Crippen LogP contribution in [0.15, 0.2) is 82.0 Å². The van der Waals surface area contributed by atoms with Crippen molar-refractivity contribution in [3.05, 3.63) is 110 Å². The fraction of sp³-hybridized carbons (Fsp3) is 0.258. The summed E-state index contributed by atoms with van der Waals surface area (Å²) in [5.41, 5.74) is 2.07. The SMILES string of the molecule is Cc1c(Cc2ccccc2)c(=O)oc2cc(OC(=O)[C@H](Cc3ccccc3)NC(=O)OC(C)(C)C)c(Cl)cc12. The van der Waals surface area contributed by atoms with Crippen LogP contribution in [0.25, 0.3) is 11.0 Å². The number of benzene rings is 3. The first-order chi connectivity index (χ1) is 18.5. The van der Waals surface area contributed by atoms with Crippen molar-refractivity contribution in [2.75, 3.05) is 0 Å². The Morgan fingerprint density at radius 3 is 2.21 bits per heavy atom. The number of carbonyl (C=O) groups excluding carboxylic acids is 2. The van der Waals surface area contributed by atoms with Crippen LogP contribution in [-0.4, -0.2) is 23.7 Å². The Hall–Kier alpha value is -4.10. The third-order valence-corrected chi connectivity index (χ3v) is 6.33. The summed E-state index contributed by atoms with van der Waals surface area (Å²) < 4.78 is 16.6. The molecule has 0 fully saturated rings. The standard InChI is InChI=1S/C31H30ClNO6/c1-19-22-17-24(32)27(18-26(22)37-28(34)23(19)15-20-11-7-5-8-12-20)38-29(35)25(16-21-13-9-6-10-14-21)33-30(36)39-31(2,3)4/h5-14,17-18,25H,15-16H2,1-4H3,(H,33,36)/t25-/m0/s1. The average Bonchev–Trinajstić information content (AvgIpc) is 2.87. The molecule has 0 unspecified atom stereocenters. The van der Waals surface area contributed by atoms with Crippen molar-refractivity contribution in [2.45, 2.75) is 52.2 Å². The lowest BCUT2D eigenvalue weighted by molar-refractivity contribution is -0.136. The van der Waals surface area contributed by atoms with Gasteiger partial charge in [0.1, 0.15) is 17.2 Å². The molecule has 0 radical (unpaired) electrons. The monoisotopic (exact) mass is 547 g/mol. The van der Waals surface area contributed by atoms with Gasteiger partial charge in [0.15, 0.2) is 5.75 Å². The van der Waals surface area contributed by atoms with Gasteiger partial charge in [0.2, 0.25) is 0 Å². The predicted molar refractivity (Wildman–Crippen MR) is 150 cm³/mol. The van der Waals surface area contributed by atoms with E-state index in [0.29, 0.717) is 17.4 Å². The van der Waals surface area contributed by atoms with Crippen LogP contribution < -0.4 is 15.7 Å². The number of carbonyl (C=O) groups is 2. The number of hydrogen-bond donors (Lipinski definition) is 1. The summed E-state index contributed by atoms with van der Waals surface area (Å²) in [6, 6.07) is 20.8. The van der Waals surface area contributed by atoms with Gasteiger partial charge in [-0.25, -0.2) is 14.4 Å². The van der Waals surface area contributed by atoms with Crippen molar-refractivity contribution in [1.82, 2.24) is 5.32 Å². The Kier molecular flexibility index (Phi) is 8.41. The smallest absolute Gasteiger partial charge is 0.408 e. The number of rotatable bonds is 7. The predicted octanol–water partition coefficient (Wildman–Crippen LogP) is 6.39. The molecule has 1 amide bonds. The third-order valence-electron chi connectivity index (χ3n) is 6.03. The van der Waals surface area contributed by atoms with E-state index in [0.717, 1.165) is 16.7 Å². The van der Waals surface area contributed by atoms with Crippen LogP contribution in [0.2, 0.25) is 5.02 Å². The highest BCUT2D eigenvalue weighted by Gasteiger charge is 2.27. The van der Waals surface area contributed by atoms with Crippen LogP contribution in [0.3, 0.4) is 0 Å². The van der Waals surface area contributed by atoms with Gasteiger partial charge in [0, 0.05) is 29.9 Å². The van der Waals surface area contributed by atoms with Gasteiger partial charge in [-0.05, 0) is 50.5 Å². The minimum absolute atomic E-state index is 0.0107. The molecule has 1 atom stereocenters. The number of fused-ring (bicyclic) bond motifs is 1. The fourth-order valence-electron chi connectivity index (χ4n) is 4.14. The Morgan fingerprint density at radius 1 is 0.974 bits per heavy atom. The Morgan fingerprint density at radius 2 is 1.59 bits per heavy atom. The summed E-state index contributed by atoms with van der Waals surface area (Å²) in [4.78, 5) is 38.6. The number of aryl methyl sites for hydroxylation is 1. The van der Waals surface area contributed by atoms with Crippen molar-refractivity contribution in [3.63, 3.8) is 0 Å². The highest BCUT2D eigenvalue weighted by Crippen LogP contribution is 2.32. The number of ether oxygens (including phenoxy) is 2. The molecule has 4 aromatic rings. The summed E-state index contributed by atoms with van der Waals surface area (Å²) in [6.07, 6.45) is -0.171. The second-order valence-corrected chi connectivity index (χ2v) is 10.7. The number of esters is 1. The van der Waals surface area contributed by atoms with E-state index in [9.17, 15) is 14.4 Å². The maximum Gasteiger partial charge on any atom is 0.408 e. The highest BCUT2D eigenvalue weighted by atomic mass is 35.5. The van der Waals surface area contributed by atoms with Crippen molar-refractivity contribution in [2.24, 2.45) is 0 Å². The fourth-order valence-corrected chi connectivity index (χ4v) is 4.35. The molecular weight excluding hydrogens is 518 g/mol. The quantitative estimate of drug-likeness (QED) is 0.164. The molecule has 1 heterocycles. The van der Waals surface area contributed by atoms with Crippen molar-refractivity contribution in [1.29, 1.82) is 0 Å². The largest absolute Gasteiger partial charge is 0.444 e. The van der Waals surface area contributed by atoms with Gasteiger partial charge < -0.3 is 19.2 Å². The molecule has 0 bridgehead atoms. The maximum atomic E-state index is 13.3. The molecule has 39 heavy (non-hydrogen) atoms. The van der Waals surface area contributed by atoms with E-state index in [2.05, 4.69) is 5.32 Å². The number of alkyl carbamates (subject to hydrolysis) is 1. The van der Waals surface area contributed by atoms with Gasteiger partial charge in [0.25, 0.3) is 0 Å². The van der Waals surface area contributed by atoms with Gasteiger partial charge >= 0.3 is 17.7 Å². The van der Waals surface area contributed by atoms with E-state index < -0.39 is 29.3 Å². The number of amides is 1. The third kappa shape index (κ3) is 7.27. The highest BCUT2D eigenvalue weighted by molar-refractivity contribution is 6.33. The molecule has 0 saturated heterocycles. The zero-order valence-electron chi connectivity index (χ0n) is 22.2. The average molecular weight is 548 g/mol. The zero-order chi connectivity index (χ0) is 28.2. The van der Waals surface area contributed by atoms with E-state index in [1.807, 2.05) is 67.6 Å². The first-order valence-electron chi connectivity index (χ1n) is 12.5. The van der Waals surface area contributed by atoms with Crippen molar-refractivity contribution < 1.29 is 23.5 Å². The summed E-state index contributed by atoms with van der Waals surface area (Å²) in [6.45, 7) is 7.02. The van der Waals surface area contributed by atoms with Crippen LogP contribution in [0.1, 0.15) is 43.0 Å². The lowest BCUT2D eigenvalue weighted by Gasteiger charge is -2.23. The molecule has 0 saturated carbocycles. The van der Waals surface area contributed by atoms with E-state index in [1.165, 1.54) is 6.07 Å². The molecule has 3 aromatic carbocycles. The maximum absolute atomic E-state index is 13.3. The van der Waals surface area contributed by atoms with E-state index in [4.69, 9.17) is 25.5 Å². The normalized spacial score (nSPS) is 12.1. The molecule has 0 aliphatic rings. The minimum Gasteiger partial charge on any atom is -0.444 e. The Labute approximate surface area is 231 Å². The van der Waals surface area contributed by atoms with Gasteiger partial charge in [-0.3, -0.25) is 0 Å². The molecule has 8 heteroatoms. The van der Waals surface area contributed by atoms with Crippen LogP contribution in [-0.2, 0) is 22.4 Å². The van der Waals surface area contributed by atoms with Crippen LogP contribution in [0.5, 0.6) is 5.75 Å². The van der Waals surface area contributed by atoms with Crippen molar-refractivity contribution >= 4 is 34.6 Å². The van der Waals surface area contributed by atoms with E-state index >= 15 is 0 Å². The molecule has 1 aromatic heterocycles. The van der Waals surface area contributed by atoms with Gasteiger partial charge in [-0.15, -0.1) is 0 Å². The van der Waals surface area contributed by atoms with Crippen LogP contribution in [0, 0.1) is 6.92 Å². The number of hydrogen-bond acceptors (Lipinski definition) is 6. The minimum atomic E-state index is -1.06. The first-order valence-corrected chi connectivity index (χ1v) is 12.9. The number of nitrogens with one attached hydrogen (secondary N) is 1. The molecule has 0 aliphatic carbocycles. The van der Waals surface area contributed by atoms with Gasteiger partial charge in [-0.1, -0.05) is 72.3 Å². The lowest BCUT2D eigenvalue weighted by atomic mass is 9.99. The summed E-state index contributed by atoms with van der Waals surface area (Å²) in [5.74, 6) is -0.734. The van der Waals surface area contributed by atoms with Crippen LogP contribution in [0.4, 0.5) is 4.79 Å². The second kappa shape index (κ2) is 11.7. The molecular formula is C31H30ClNO6. The molecule has 0 spiro atoms. The summed E-state index contributed by atoms with van der Waals surface area (Å²) >= 11 is 6.52. The van der Waals surface area contributed by atoms with E-state index in [1.54, 1.807) is 26.8 Å². The van der Waals surface area contributed by atoms with E-state index in [-0.39, 0.29) is 22.8 Å². The van der Waals surface area contributed by atoms with Crippen molar-refractivity contribution in [3.8, 4) is 5.75 Å². The van der Waals surface area contributed by atoms with Gasteiger partial charge in [0.05, 0.1) is 5.02 Å². The molecule has 1 N–H and O–H groups in total. The lowest BCUT2D eigenvalue weighted by Crippen LogP contribution is -2.46. The summed E-state index contributed by atoms with van der Waals surface area (Å²) in [7, 11) is 0. The zero-order valence-corrected chi connectivity index (χ0v) is 23.0. The first kappa shape index (κ1) is 27.9. The molecule has 4 rings (SSSR count). The second-order valence-electron chi connectivity index (χ2n) is 10.2. The van der Waals surface area contributed by atoms with Crippen LogP contribution >= 0.6 is 11.6 Å². The molecule has 7 nitrogen and oxygen atoms in total. The molecule has 0 aliphatic heterocycles. The van der Waals surface area contributed by atoms with Gasteiger partial charge in [-0.2, -0.15) is 0 Å². The summed E-state index contributed by atoms with van der Waals surface area (Å²) in [5, 5.41) is 3.39. The molecule has 202 valence electrons. The Bertz CT molecular complexity index is 1540. The topological polar surface area (TPSA) is 94.8 Å². The Balaban J connectivity index is 1.61.